The molecule has 0 saturated heterocycles. The number of nitrogens with one attached hydrogen (secondary N) is 1. The number of rotatable bonds is 5. The molecule has 2 spiro atoms. The maximum atomic E-state index is 10.9. The van der Waals surface area contributed by atoms with E-state index in [2.05, 4.69) is 10.3 Å². The van der Waals surface area contributed by atoms with Crippen molar-refractivity contribution in [3.05, 3.63) is 23.9 Å². The highest BCUT2D eigenvalue weighted by Crippen LogP contribution is 2.72. The molecule has 124 valence electrons. The van der Waals surface area contributed by atoms with Crippen LogP contribution in [-0.2, 0) is 11.3 Å². The summed E-state index contributed by atoms with van der Waals surface area (Å²) in [6.45, 7) is 0.782. The average molecular weight is 316 g/mol. The van der Waals surface area contributed by atoms with Gasteiger partial charge in [0.05, 0.1) is 18.7 Å². The van der Waals surface area contributed by atoms with Crippen molar-refractivity contribution in [2.24, 2.45) is 16.7 Å². The van der Waals surface area contributed by atoms with Gasteiger partial charge in [0.2, 0.25) is 5.88 Å². The van der Waals surface area contributed by atoms with Crippen molar-refractivity contribution < 1.29 is 14.6 Å². The Bertz CT molecular complexity index is 608. The minimum Gasteiger partial charge on any atom is -0.481 e. The lowest BCUT2D eigenvalue weighted by Gasteiger charge is -2.68. The summed E-state index contributed by atoms with van der Waals surface area (Å²) in [6.07, 6.45) is 6.79. The fraction of sp³-hybridized carbons (Fsp3) is 0.667. The molecule has 1 heterocycles. The van der Waals surface area contributed by atoms with Gasteiger partial charge in [-0.05, 0) is 55.4 Å². The van der Waals surface area contributed by atoms with E-state index in [1.807, 2.05) is 18.2 Å². The van der Waals surface area contributed by atoms with Crippen molar-refractivity contribution in [3.8, 4) is 5.88 Å². The van der Waals surface area contributed by atoms with Crippen LogP contribution in [0, 0.1) is 16.7 Å². The van der Waals surface area contributed by atoms with Crippen LogP contribution in [0.1, 0.15) is 44.2 Å². The van der Waals surface area contributed by atoms with Crippen molar-refractivity contribution in [2.45, 2.75) is 51.1 Å². The van der Waals surface area contributed by atoms with Crippen LogP contribution in [0.15, 0.2) is 18.2 Å². The van der Waals surface area contributed by atoms with E-state index in [4.69, 9.17) is 9.84 Å². The normalized spacial score (nSPS) is 37.8. The fourth-order valence-electron chi connectivity index (χ4n) is 5.33. The third-order valence-electron chi connectivity index (χ3n) is 6.13. The molecule has 3 fully saturated rings. The lowest BCUT2D eigenvalue weighted by atomic mass is 9.37. The summed E-state index contributed by atoms with van der Waals surface area (Å²) in [5.41, 5.74) is 1.92. The smallest absolute Gasteiger partial charge is 0.306 e. The van der Waals surface area contributed by atoms with E-state index in [0.29, 0.717) is 22.8 Å². The Morgan fingerprint density at radius 3 is 2.65 bits per heavy atom. The van der Waals surface area contributed by atoms with Crippen LogP contribution in [0.2, 0.25) is 0 Å². The van der Waals surface area contributed by atoms with Gasteiger partial charge in [0.25, 0.3) is 0 Å². The molecular weight excluding hydrogens is 292 g/mol. The third-order valence-corrected chi connectivity index (χ3v) is 6.13. The topological polar surface area (TPSA) is 71.5 Å². The molecule has 2 N–H and O–H groups in total. The maximum Gasteiger partial charge on any atom is 0.306 e. The number of aromatic nitrogens is 1. The molecule has 1 aromatic rings. The number of pyridine rings is 1. The Morgan fingerprint density at radius 1 is 1.30 bits per heavy atom. The van der Waals surface area contributed by atoms with E-state index in [0.717, 1.165) is 25.1 Å². The molecule has 4 rings (SSSR count). The number of hydrogen-bond acceptors (Lipinski definition) is 4. The molecule has 23 heavy (non-hydrogen) atoms. The molecule has 0 aliphatic heterocycles. The molecule has 0 atom stereocenters. The summed E-state index contributed by atoms with van der Waals surface area (Å²) in [4.78, 5) is 15.4. The largest absolute Gasteiger partial charge is 0.481 e. The van der Waals surface area contributed by atoms with Crippen LogP contribution in [0.5, 0.6) is 5.88 Å². The standard InChI is InChI=1S/C18H24N2O3/c1-23-15-4-2-3-13(20-15)9-19-14-7-18(8-14)10-17(11-18)5-12(6-17)16(21)22/h2-4,12,14,19H,5-11H2,1H3,(H,21,22). The number of carboxylic acids is 1. The second-order valence-electron chi connectivity index (χ2n) is 7.95. The van der Waals surface area contributed by atoms with Crippen molar-refractivity contribution >= 4 is 5.97 Å². The molecule has 0 amide bonds. The highest BCUT2D eigenvalue weighted by Gasteiger charge is 2.64. The Labute approximate surface area is 136 Å². The number of hydrogen-bond donors (Lipinski definition) is 2. The van der Waals surface area contributed by atoms with Gasteiger partial charge in [-0.15, -0.1) is 0 Å². The van der Waals surface area contributed by atoms with Crippen LogP contribution in [-0.4, -0.2) is 29.2 Å². The SMILES string of the molecule is COc1cccc(CNC2CC3(C2)CC2(CC(C(=O)O)C2)C3)n1. The van der Waals surface area contributed by atoms with Gasteiger partial charge in [0.15, 0.2) is 0 Å². The lowest BCUT2D eigenvalue weighted by Crippen LogP contribution is -2.62. The summed E-state index contributed by atoms with van der Waals surface area (Å²) in [5, 5.41) is 12.6. The van der Waals surface area contributed by atoms with Gasteiger partial charge in [-0.2, -0.15) is 0 Å². The molecule has 0 unspecified atom stereocenters. The molecule has 3 saturated carbocycles. The van der Waals surface area contributed by atoms with E-state index >= 15 is 0 Å². The van der Waals surface area contributed by atoms with Crippen LogP contribution in [0.25, 0.3) is 0 Å². The average Bonchev–Trinajstić information content (AvgIpc) is 2.42. The first-order valence-electron chi connectivity index (χ1n) is 8.48. The molecule has 1 aromatic heterocycles. The lowest BCUT2D eigenvalue weighted by molar-refractivity contribution is -0.187. The second kappa shape index (κ2) is 5.20. The summed E-state index contributed by atoms with van der Waals surface area (Å²) in [6, 6.07) is 6.42. The van der Waals surface area contributed by atoms with E-state index in [1.165, 1.54) is 25.7 Å². The fourth-order valence-corrected chi connectivity index (χ4v) is 5.33. The zero-order valence-electron chi connectivity index (χ0n) is 13.5. The molecule has 0 aromatic carbocycles. The van der Waals surface area contributed by atoms with Gasteiger partial charge in [-0.3, -0.25) is 4.79 Å². The molecule has 5 nitrogen and oxygen atoms in total. The number of carbonyl (C=O) groups is 1. The minimum absolute atomic E-state index is 0.0690. The summed E-state index contributed by atoms with van der Waals surface area (Å²) >= 11 is 0. The molecule has 0 bridgehead atoms. The first-order valence-corrected chi connectivity index (χ1v) is 8.48. The van der Waals surface area contributed by atoms with Gasteiger partial charge in [-0.25, -0.2) is 4.98 Å². The highest BCUT2D eigenvalue weighted by atomic mass is 16.5. The summed E-state index contributed by atoms with van der Waals surface area (Å²) < 4.78 is 5.15. The predicted octanol–water partition coefficient (Wildman–Crippen LogP) is 2.60. The van der Waals surface area contributed by atoms with E-state index in [1.54, 1.807) is 7.11 Å². The van der Waals surface area contributed by atoms with E-state index in [-0.39, 0.29) is 5.92 Å². The van der Waals surface area contributed by atoms with Gasteiger partial charge < -0.3 is 15.2 Å². The molecule has 3 aliphatic rings. The van der Waals surface area contributed by atoms with Crippen LogP contribution in [0.3, 0.4) is 0 Å². The minimum atomic E-state index is -0.601. The van der Waals surface area contributed by atoms with E-state index in [9.17, 15) is 4.79 Å². The van der Waals surface area contributed by atoms with Gasteiger partial charge in [0, 0.05) is 18.7 Å². The van der Waals surface area contributed by atoms with Gasteiger partial charge >= 0.3 is 5.97 Å². The summed E-state index contributed by atoms with van der Waals surface area (Å²) in [5.74, 6) is -0.00992. The van der Waals surface area contributed by atoms with Crippen LogP contribution in [0.4, 0.5) is 0 Å². The number of nitrogens with zero attached hydrogens (tertiary/aromatic N) is 1. The van der Waals surface area contributed by atoms with Gasteiger partial charge in [-0.1, -0.05) is 6.07 Å². The number of aliphatic carboxylic acids is 1. The maximum absolute atomic E-state index is 10.9. The molecular formula is C18H24N2O3. The van der Waals surface area contributed by atoms with E-state index < -0.39 is 5.97 Å². The number of ether oxygens (including phenoxy) is 1. The van der Waals surface area contributed by atoms with Crippen molar-refractivity contribution in [1.29, 1.82) is 0 Å². The highest BCUT2D eigenvalue weighted by molar-refractivity contribution is 5.71. The van der Waals surface area contributed by atoms with Crippen LogP contribution >= 0.6 is 0 Å². The van der Waals surface area contributed by atoms with Crippen molar-refractivity contribution in [2.75, 3.05) is 7.11 Å². The quantitative estimate of drug-likeness (QED) is 0.873. The van der Waals surface area contributed by atoms with Crippen molar-refractivity contribution in [3.63, 3.8) is 0 Å². The first-order chi connectivity index (χ1) is 11.0. The Hall–Kier alpha value is -1.62. The third kappa shape index (κ3) is 2.61. The number of carboxylic acid groups (broad SMARTS) is 1. The van der Waals surface area contributed by atoms with Crippen molar-refractivity contribution in [1.82, 2.24) is 10.3 Å². The monoisotopic (exact) mass is 316 g/mol. The second-order valence-corrected chi connectivity index (χ2v) is 7.95. The Balaban J connectivity index is 1.20. The summed E-state index contributed by atoms with van der Waals surface area (Å²) in [7, 11) is 1.64. The zero-order chi connectivity index (χ0) is 16.1. The molecule has 3 aliphatic carbocycles. The number of methoxy groups -OCH3 is 1. The molecule has 5 heteroatoms. The molecule has 0 radical (unpaired) electrons. The van der Waals surface area contributed by atoms with Gasteiger partial charge in [0.1, 0.15) is 0 Å². The Kier molecular flexibility index (Phi) is 3.38. The zero-order valence-corrected chi connectivity index (χ0v) is 13.5. The Morgan fingerprint density at radius 2 is 2.00 bits per heavy atom. The predicted molar refractivity (Wildman–Crippen MR) is 85.1 cm³/mol. The first kappa shape index (κ1) is 14.9. The van der Waals surface area contributed by atoms with Crippen LogP contribution < -0.4 is 10.1 Å².